The number of hydrogen-bond donors (Lipinski definition) is 3. The van der Waals surface area contributed by atoms with Crippen LogP contribution in [0.3, 0.4) is 0 Å². The molecule has 0 saturated carbocycles. The smallest absolute Gasteiger partial charge is 0.325 e. The van der Waals surface area contributed by atoms with Crippen molar-refractivity contribution in [1.82, 2.24) is 10.3 Å². The van der Waals surface area contributed by atoms with E-state index in [1.165, 1.54) is 6.92 Å². The number of ether oxygens (including phenoxy) is 1. The predicted molar refractivity (Wildman–Crippen MR) is 116 cm³/mol. The zero-order chi connectivity index (χ0) is 21.1. The minimum Gasteiger partial charge on any atom is -0.505 e. The molecule has 1 aromatic heterocycles. The molecule has 7 nitrogen and oxygen atoms in total. The van der Waals surface area contributed by atoms with Crippen LogP contribution in [0, 0.1) is 3.57 Å². The maximum absolute atomic E-state index is 12.3. The third-order valence-electron chi connectivity index (χ3n) is 4.14. The lowest BCUT2D eigenvalue weighted by Crippen LogP contribution is -2.38. The third-order valence-corrected chi connectivity index (χ3v) is 5.28. The van der Waals surface area contributed by atoms with Gasteiger partial charge in [-0.2, -0.15) is 0 Å². The van der Waals surface area contributed by atoms with Gasteiger partial charge in [-0.05, 0) is 47.2 Å². The fourth-order valence-corrected chi connectivity index (χ4v) is 3.71. The molecule has 0 fully saturated rings. The van der Waals surface area contributed by atoms with Gasteiger partial charge in [0.15, 0.2) is 11.4 Å². The molecule has 1 atom stereocenters. The molecule has 1 unspecified atom stereocenters. The number of fused-ring (bicyclic) bond motifs is 1. The van der Waals surface area contributed by atoms with Gasteiger partial charge in [-0.25, -0.2) is 4.98 Å². The van der Waals surface area contributed by atoms with Crippen molar-refractivity contribution in [3.8, 4) is 11.5 Å². The topological polar surface area (TPSA) is 109 Å². The fraction of sp³-hybridized carbons (Fsp3) is 0.150. The maximum atomic E-state index is 12.3. The van der Waals surface area contributed by atoms with Crippen LogP contribution in [0.5, 0.6) is 11.5 Å². The van der Waals surface area contributed by atoms with Gasteiger partial charge in [0.2, 0.25) is 0 Å². The largest absolute Gasteiger partial charge is 0.505 e. The number of aromatic hydroxyl groups is 1. The van der Waals surface area contributed by atoms with E-state index in [2.05, 4.69) is 10.3 Å². The van der Waals surface area contributed by atoms with Gasteiger partial charge >= 0.3 is 5.97 Å². The van der Waals surface area contributed by atoms with Crippen LogP contribution in [0.4, 0.5) is 0 Å². The van der Waals surface area contributed by atoms with Crippen molar-refractivity contribution in [2.45, 2.75) is 19.6 Å². The summed E-state index contributed by atoms with van der Waals surface area (Å²) in [5.74, 6) is -1.88. The monoisotopic (exact) mass is 526 g/mol. The average Bonchev–Trinajstić information content (AvgIpc) is 2.69. The fourth-order valence-electron chi connectivity index (χ4n) is 2.62. The van der Waals surface area contributed by atoms with E-state index >= 15 is 0 Å². The van der Waals surface area contributed by atoms with Crippen LogP contribution < -0.4 is 10.1 Å². The number of aliphatic carboxylic acids is 1. The number of benzene rings is 2. The van der Waals surface area contributed by atoms with Gasteiger partial charge < -0.3 is 20.3 Å². The normalized spacial score (nSPS) is 11.8. The predicted octanol–water partition coefficient (Wildman–Crippen LogP) is 3.98. The number of rotatable bonds is 6. The molecule has 150 valence electrons. The number of pyridine rings is 1. The standard InChI is InChI=1S/C20H16ClIN2O5/c1-10(20(27)28)23-19(26)16-17(25)15-13(18(21)24-16)7-12(8-14(15)22)29-9-11-5-3-2-4-6-11/h2-8,10,25H,9H2,1H3,(H,23,26)(H,27,28). The molecule has 0 saturated heterocycles. The summed E-state index contributed by atoms with van der Waals surface area (Å²) in [5.41, 5.74) is 0.653. The second-order valence-corrected chi connectivity index (χ2v) is 7.76. The Morgan fingerprint density at radius 2 is 1.97 bits per heavy atom. The van der Waals surface area contributed by atoms with Crippen molar-refractivity contribution in [3.63, 3.8) is 0 Å². The summed E-state index contributed by atoms with van der Waals surface area (Å²) in [6.45, 7) is 1.66. The molecule has 9 heteroatoms. The summed E-state index contributed by atoms with van der Waals surface area (Å²) in [6.07, 6.45) is 0. The Bertz CT molecular complexity index is 1090. The SMILES string of the molecule is CC(NC(=O)c1nc(Cl)c2cc(OCc3ccccc3)cc(I)c2c1O)C(=O)O. The highest BCUT2D eigenvalue weighted by Gasteiger charge is 2.23. The number of nitrogens with zero attached hydrogens (tertiary/aromatic N) is 1. The van der Waals surface area contributed by atoms with Crippen LogP contribution >= 0.6 is 34.2 Å². The molecule has 3 rings (SSSR count). The van der Waals surface area contributed by atoms with Crippen LogP contribution in [-0.2, 0) is 11.4 Å². The summed E-state index contributed by atoms with van der Waals surface area (Å²) >= 11 is 8.27. The van der Waals surface area contributed by atoms with Gasteiger partial charge in [0.25, 0.3) is 5.91 Å². The number of carbonyl (C=O) groups is 2. The first-order valence-corrected chi connectivity index (χ1v) is 9.95. The lowest BCUT2D eigenvalue weighted by atomic mass is 10.1. The van der Waals surface area contributed by atoms with E-state index in [9.17, 15) is 14.7 Å². The number of carboxylic acid groups (broad SMARTS) is 1. The average molecular weight is 527 g/mol. The van der Waals surface area contributed by atoms with E-state index in [1.54, 1.807) is 12.1 Å². The number of hydrogen-bond acceptors (Lipinski definition) is 5. The Hall–Kier alpha value is -2.59. The Morgan fingerprint density at radius 1 is 1.28 bits per heavy atom. The minimum absolute atomic E-state index is 0.00555. The first-order chi connectivity index (χ1) is 13.8. The van der Waals surface area contributed by atoms with Gasteiger partial charge in [-0.3, -0.25) is 9.59 Å². The number of aromatic nitrogens is 1. The molecule has 0 aliphatic heterocycles. The van der Waals surface area contributed by atoms with Gasteiger partial charge in [-0.1, -0.05) is 41.9 Å². The number of halogens is 2. The van der Waals surface area contributed by atoms with Crippen LogP contribution in [0.15, 0.2) is 42.5 Å². The van der Waals surface area contributed by atoms with Crippen molar-refractivity contribution in [2.75, 3.05) is 0 Å². The zero-order valence-corrected chi connectivity index (χ0v) is 18.1. The van der Waals surface area contributed by atoms with Crippen molar-refractivity contribution in [1.29, 1.82) is 0 Å². The maximum Gasteiger partial charge on any atom is 0.325 e. The van der Waals surface area contributed by atoms with E-state index in [0.29, 0.717) is 26.7 Å². The number of carbonyl (C=O) groups excluding carboxylic acids is 1. The Kier molecular flexibility index (Phi) is 6.43. The molecule has 1 heterocycles. The lowest BCUT2D eigenvalue weighted by Gasteiger charge is -2.14. The molecule has 0 radical (unpaired) electrons. The van der Waals surface area contributed by atoms with Gasteiger partial charge in [-0.15, -0.1) is 0 Å². The molecule has 0 spiro atoms. The summed E-state index contributed by atoms with van der Waals surface area (Å²) < 4.78 is 6.42. The quantitative estimate of drug-likeness (QED) is 0.331. The molecular weight excluding hydrogens is 511 g/mol. The van der Waals surface area contributed by atoms with Crippen LogP contribution in [0.25, 0.3) is 10.8 Å². The van der Waals surface area contributed by atoms with Gasteiger partial charge in [0.05, 0.1) is 0 Å². The first-order valence-electron chi connectivity index (χ1n) is 8.50. The molecule has 3 N–H and O–H groups in total. The zero-order valence-electron chi connectivity index (χ0n) is 15.1. The highest BCUT2D eigenvalue weighted by molar-refractivity contribution is 14.1. The second kappa shape index (κ2) is 8.83. The Labute approximate surface area is 184 Å². The molecule has 0 aliphatic carbocycles. The van der Waals surface area contributed by atoms with Crippen molar-refractivity contribution in [2.24, 2.45) is 0 Å². The van der Waals surface area contributed by atoms with Crippen molar-refractivity contribution in [3.05, 3.63) is 62.4 Å². The number of nitrogens with one attached hydrogen (secondary N) is 1. The molecule has 1 amide bonds. The molecule has 29 heavy (non-hydrogen) atoms. The van der Waals surface area contributed by atoms with E-state index in [4.69, 9.17) is 21.4 Å². The highest BCUT2D eigenvalue weighted by atomic mass is 127. The summed E-state index contributed by atoms with van der Waals surface area (Å²) in [5, 5.41) is 22.5. The Morgan fingerprint density at radius 3 is 2.62 bits per heavy atom. The highest BCUT2D eigenvalue weighted by Crippen LogP contribution is 2.38. The van der Waals surface area contributed by atoms with Crippen LogP contribution in [0.2, 0.25) is 5.15 Å². The van der Waals surface area contributed by atoms with Crippen LogP contribution in [-0.4, -0.2) is 33.1 Å². The van der Waals surface area contributed by atoms with Crippen molar-refractivity contribution >= 4 is 56.8 Å². The molecular formula is C20H16ClIN2O5. The van der Waals surface area contributed by atoms with Crippen LogP contribution in [0.1, 0.15) is 23.0 Å². The molecule has 0 aliphatic rings. The second-order valence-electron chi connectivity index (χ2n) is 6.24. The van der Waals surface area contributed by atoms with E-state index in [-0.39, 0.29) is 16.6 Å². The van der Waals surface area contributed by atoms with E-state index < -0.39 is 17.9 Å². The number of amides is 1. The minimum atomic E-state index is -1.21. The molecule has 3 aromatic rings. The van der Waals surface area contributed by atoms with E-state index in [1.807, 2.05) is 52.9 Å². The third kappa shape index (κ3) is 4.70. The summed E-state index contributed by atoms with van der Waals surface area (Å²) in [4.78, 5) is 27.2. The summed E-state index contributed by atoms with van der Waals surface area (Å²) in [7, 11) is 0. The molecule has 0 bridgehead atoms. The molecule has 2 aromatic carbocycles. The van der Waals surface area contributed by atoms with E-state index in [0.717, 1.165) is 5.56 Å². The number of carboxylic acids is 1. The first kappa shape index (κ1) is 21.1. The summed E-state index contributed by atoms with van der Waals surface area (Å²) in [6, 6.07) is 11.8. The van der Waals surface area contributed by atoms with Gasteiger partial charge in [0.1, 0.15) is 23.6 Å². The lowest BCUT2D eigenvalue weighted by molar-refractivity contribution is -0.138. The van der Waals surface area contributed by atoms with Crippen molar-refractivity contribution < 1.29 is 24.5 Å². The Balaban J connectivity index is 1.95. The van der Waals surface area contributed by atoms with Gasteiger partial charge in [0, 0.05) is 14.3 Å².